The number of halogens is 5. The summed E-state index contributed by atoms with van der Waals surface area (Å²) in [5.41, 5.74) is -0.673. The SMILES string of the molecule is Cc1cc(C(F)(F)F)nn1CC(=O)N1CC2(C1)CN(c1nc(C(=O)OCc3c(F)cccc3Cl)cs1)C2. The molecule has 3 aromatic rings. The van der Waals surface area contributed by atoms with Gasteiger partial charge in [-0.2, -0.15) is 18.3 Å². The van der Waals surface area contributed by atoms with Crippen molar-refractivity contribution in [2.24, 2.45) is 5.41 Å². The molecule has 0 bridgehead atoms. The van der Waals surface area contributed by atoms with Gasteiger partial charge in [-0.1, -0.05) is 17.7 Å². The number of alkyl halides is 3. The summed E-state index contributed by atoms with van der Waals surface area (Å²) >= 11 is 7.22. The van der Waals surface area contributed by atoms with E-state index in [4.69, 9.17) is 16.3 Å². The van der Waals surface area contributed by atoms with Crippen LogP contribution in [0.3, 0.4) is 0 Å². The Bertz CT molecular complexity index is 1340. The minimum absolute atomic E-state index is 0.0882. The molecule has 37 heavy (non-hydrogen) atoms. The molecule has 2 saturated heterocycles. The van der Waals surface area contributed by atoms with Gasteiger partial charge >= 0.3 is 12.1 Å². The van der Waals surface area contributed by atoms with E-state index in [1.807, 2.05) is 4.90 Å². The van der Waals surface area contributed by atoms with E-state index in [1.165, 1.54) is 36.5 Å². The average molecular weight is 558 g/mol. The number of thiazole rings is 1. The normalized spacial score (nSPS) is 16.5. The van der Waals surface area contributed by atoms with Gasteiger partial charge < -0.3 is 14.5 Å². The molecule has 196 valence electrons. The summed E-state index contributed by atoms with van der Waals surface area (Å²) in [4.78, 5) is 32.8. The highest BCUT2D eigenvalue weighted by Crippen LogP contribution is 2.43. The number of amides is 1. The van der Waals surface area contributed by atoms with Crippen LogP contribution in [-0.2, 0) is 28.9 Å². The number of aromatic nitrogens is 3. The van der Waals surface area contributed by atoms with Crippen LogP contribution in [0.1, 0.15) is 27.4 Å². The number of ether oxygens (including phenoxy) is 1. The molecule has 0 radical (unpaired) electrons. The quantitative estimate of drug-likeness (QED) is 0.334. The van der Waals surface area contributed by atoms with Crippen molar-refractivity contribution >= 4 is 39.9 Å². The first-order chi connectivity index (χ1) is 17.4. The Kier molecular flexibility index (Phi) is 6.39. The molecule has 2 aliphatic rings. The predicted octanol–water partition coefficient (Wildman–Crippen LogP) is 4.17. The summed E-state index contributed by atoms with van der Waals surface area (Å²) in [6.45, 7) is 3.13. The van der Waals surface area contributed by atoms with Crippen LogP contribution in [-0.4, -0.2) is 57.7 Å². The van der Waals surface area contributed by atoms with E-state index in [0.29, 0.717) is 31.3 Å². The van der Waals surface area contributed by atoms with Crippen LogP contribution in [0.2, 0.25) is 5.02 Å². The molecule has 0 atom stereocenters. The fourth-order valence-corrected chi connectivity index (χ4v) is 5.47. The lowest BCUT2D eigenvalue weighted by Crippen LogP contribution is -2.73. The van der Waals surface area contributed by atoms with Gasteiger partial charge in [0.25, 0.3) is 0 Å². The molecule has 2 aromatic heterocycles. The van der Waals surface area contributed by atoms with Gasteiger partial charge in [-0.05, 0) is 25.1 Å². The molecule has 8 nitrogen and oxygen atoms in total. The first kappa shape index (κ1) is 25.5. The third kappa shape index (κ3) is 5.01. The predicted molar refractivity (Wildman–Crippen MR) is 126 cm³/mol. The maximum atomic E-state index is 13.9. The maximum Gasteiger partial charge on any atom is 0.435 e. The highest BCUT2D eigenvalue weighted by molar-refractivity contribution is 7.14. The van der Waals surface area contributed by atoms with Gasteiger partial charge in [0.05, 0.1) is 5.02 Å². The van der Waals surface area contributed by atoms with Crippen molar-refractivity contribution in [3.05, 3.63) is 63.1 Å². The van der Waals surface area contributed by atoms with Gasteiger partial charge in [-0.25, -0.2) is 14.2 Å². The molecule has 0 saturated carbocycles. The first-order valence-corrected chi connectivity index (χ1v) is 12.4. The zero-order chi connectivity index (χ0) is 26.5. The molecule has 0 aliphatic carbocycles. The Labute approximate surface area is 217 Å². The zero-order valence-electron chi connectivity index (χ0n) is 19.4. The van der Waals surface area contributed by atoms with Gasteiger partial charge in [-0.3, -0.25) is 9.48 Å². The minimum Gasteiger partial charge on any atom is -0.456 e. The molecule has 4 heterocycles. The van der Waals surface area contributed by atoms with Gasteiger partial charge in [0.2, 0.25) is 5.91 Å². The zero-order valence-corrected chi connectivity index (χ0v) is 21.0. The molecule has 5 rings (SSSR count). The number of anilines is 1. The molecule has 0 N–H and O–H groups in total. The summed E-state index contributed by atoms with van der Waals surface area (Å²) < 4.78 is 58.6. The summed E-state index contributed by atoms with van der Waals surface area (Å²) in [6.07, 6.45) is -4.56. The Morgan fingerprint density at radius 1 is 1.22 bits per heavy atom. The van der Waals surface area contributed by atoms with Crippen molar-refractivity contribution in [3.63, 3.8) is 0 Å². The Hall–Kier alpha value is -3.19. The highest BCUT2D eigenvalue weighted by Gasteiger charge is 2.53. The number of benzene rings is 1. The van der Waals surface area contributed by atoms with Crippen molar-refractivity contribution in [2.75, 3.05) is 31.1 Å². The van der Waals surface area contributed by atoms with Crippen molar-refractivity contribution in [1.82, 2.24) is 19.7 Å². The summed E-state index contributed by atoms with van der Waals surface area (Å²) in [5.74, 6) is -1.55. The number of esters is 1. The summed E-state index contributed by atoms with van der Waals surface area (Å²) in [7, 11) is 0. The standard InChI is InChI=1S/C23H20ClF4N5O3S/c1-13-5-18(23(26,27)28)30-33(13)6-19(34)31-9-22(10-31)11-32(12-22)21-29-17(8-37-21)20(35)36-7-14-15(24)3-2-4-16(14)25/h2-5,8H,6-7,9-12H2,1H3. The van der Waals surface area contributed by atoms with Crippen LogP contribution in [0, 0.1) is 18.2 Å². The highest BCUT2D eigenvalue weighted by atomic mass is 35.5. The maximum absolute atomic E-state index is 13.9. The average Bonchev–Trinajstić information content (AvgIpc) is 3.39. The smallest absolute Gasteiger partial charge is 0.435 e. The second kappa shape index (κ2) is 9.28. The lowest BCUT2D eigenvalue weighted by atomic mass is 9.73. The van der Waals surface area contributed by atoms with Gasteiger partial charge in [0.1, 0.15) is 19.0 Å². The van der Waals surface area contributed by atoms with Crippen LogP contribution in [0.15, 0.2) is 29.6 Å². The lowest BCUT2D eigenvalue weighted by Gasteiger charge is -2.60. The number of nitrogens with zero attached hydrogens (tertiary/aromatic N) is 5. The van der Waals surface area contributed by atoms with Crippen LogP contribution in [0.5, 0.6) is 0 Å². The molecule has 2 aliphatic heterocycles. The Balaban J connectivity index is 1.10. The van der Waals surface area contributed by atoms with Gasteiger partial charge in [-0.15, -0.1) is 11.3 Å². The minimum atomic E-state index is -4.56. The van der Waals surface area contributed by atoms with Crippen LogP contribution >= 0.6 is 22.9 Å². The molecular weight excluding hydrogens is 538 g/mol. The van der Waals surface area contributed by atoms with E-state index >= 15 is 0 Å². The largest absolute Gasteiger partial charge is 0.456 e. The van der Waals surface area contributed by atoms with Crippen molar-refractivity contribution in [3.8, 4) is 0 Å². The topological polar surface area (TPSA) is 80.6 Å². The van der Waals surface area contributed by atoms with Crippen LogP contribution in [0.25, 0.3) is 0 Å². The van der Waals surface area contributed by atoms with Crippen molar-refractivity contribution < 1.29 is 31.9 Å². The number of carbonyl (C=O) groups is 2. The van der Waals surface area contributed by atoms with Crippen molar-refractivity contribution in [1.29, 1.82) is 0 Å². The number of likely N-dealkylation sites (tertiary alicyclic amines) is 1. The first-order valence-electron chi connectivity index (χ1n) is 11.1. The number of carbonyl (C=O) groups excluding carboxylic acids is 2. The molecule has 14 heteroatoms. The van der Waals surface area contributed by atoms with E-state index in [2.05, 4.69) is 10.1 Å². The monoisotopic (exact) mass is 557 g/mol. The number of hydrogen-bond donors (Lipinski definition) is 0. The van der Waals surface area contributed by atoms with E-state index in [1.54, 1.807) is 10.3 Å². The Morgan fingerprint density at radius 3 is 2.59 bits per heavy atom. The van der Waals surface area contributed by atoms with Gasteiger partial charge in [0, 0.05) is 48.2 Å². The summed E-state index contributed by atoms with van der Waals surface area (Å²) in [6, 6.07) is 5.11. The van der Waals surface area contributed by atoms with E-state index in [-0.39, 0.29) is 46.4 Å². The third-order valence-electron chi connectivity index (χ3n) is 6.40. The fraction of sp³-hybridized carbons (Fsp3) is 0.391. The second-order valence-electron chi connectivity index (χ2n) is 9.22. The molecule has 1 amide bonds. The second-order valence-corrected chi connectivity index (χ2v) is 10.5. The number of hydrogen-bond acceptors (Lipinski definition) is 7. The Morgan fingerprint density at radius 2 is 1.95 bits per heavy atom. The van der Waals surface area contributed by atoms with E-state index in [9.17, 15) is 27.2 Å². The molecule has 2 fully saturated rings. The number of aryl methyl sites for hydroxylation is 1. The fourth-order valence-electron chi connectivity index (χ4n) is 4.46. The number of rotatable bonds is 6. The molecular formula is C23H20ClF4N5O3S. The lowest BCUT2D eigenvalue weighted by molar-refractivity contribution is -0.147. The van der Waals surface area contributed by atoms with E-state index in [0.717, 1.165) is 10.7 Å². The van der Waals surface area contributed by atoms with Gasteiger partial charge in [0.15, 0.2) is 16.5 Å². The van der Waals surface area contributed by atoms with Crippen LogP contribution < -0.4 is 4.90 Å². The molecule has 1 aromatic carbocycles. The van der Waals surface area contributed by atoms with E-state index < -0.39 is 23.7 Å². The van der Waals surface area contributed by atoms with Crippen molar-refractivity contribution in [2.45, 2.75) is 26.3 Å². The summed E-state index contributed by atoms with van der Waals surface area (Å²) in [5, 5.41) is 5.85. The molecule has 1 spiro atoms. The molecule has 0 unspecified atom stereocenters. The third-order valence-corrected chi connectivity index (χ3v) is 7.65. The van der Waals surface area contributed by atoms with Crippen LogP contribution in [0.4, 0.5) is 22.7 Å².